The molecule has 3 N–H and O–H groups in total. The zero-order valence-corrected chi connectivity index (χ0v) is 11.7. The molecule has 0 aliphatic rings. The Kier molecular flexibility index (Phi) is 4.71. The second kappa shape index (κ2) is 6.50. The molecule has 2 rings (SSSR count). The molecule has 0 spiro atoms. The number of carbonyl (C=O) groups excluding carboxylic acids is 1. The lowest BCUT2D eigenvalue weighted by molar-refractivity contribution is 0.0957. The van der Waals surface area contributed by atoms with Crippen LogP contribution < -0.4 is 11.1 Å². The maximum Gasteiger partial charge on any atom is 0.261 e. The van der Waals surface area contributed by atoms with Crippen LogP contribution in [0.15, 0.2) is 41.8 Å². The SMILES string of the molecule is CC(N)CCNC(=O)c1sccc1-c1ccccc1. The number of amides is 1. The van der Waals surface area contributed by atoms with Gasteiger partial charge in [0.05, 0.1) is 4.88 Å². The van der Waals surface area contributed by atoms with E-state index in [1.165, 1.54) is 11.3 Å². The molecule has 3 nitrogen and oxygen atoms in total. The first kappa shape index (κ1) is 13.8. The molecule has 4 heteroatoms. The van der Waals surface area contributed by atoms with Gasteiger partial charge in [0.2, 0.25) is 0 Å². The molecule has 1 atom stereocenters. The molecular weight excluding hydrogens is 256 g/mol. The van der Waals surface area contributed by atoms with Crippen molar-refractivity contribution >= 4 is 17.2 Å². The highest BCUT2D eigenvalue weighted by atomic mass is 32.1. The third kappa shape index (κ3) is 3.66. The van der Waals surface area contributed by atoms with Crippen molar-refractivity contribution in [2.45, 2.75) is 19.4 Å². The number of nitrogens with two attached hydrogens (primary N) is 1. The first-order valence-corrected chi connectivity index (χ1v) is 7.23. The lowest BCUT2D eigenvalue weighted by atomic mass is 10.1. The van der Waals surface area contributed by atoms with Crippen molar-refractivity contribution in [3.63, 3.8) is 0 Å². The number of carbonyl (C=O) groups is 1. The Morgan fingerprint density at radius 1 is 1.32 bits per heavy atom. The topological polar surface area (TPSA) is 55.1 Å². The molecule has 1 aromatic carbocycles. The van der Waals surface area contributed by atoms with Crippen molar-refractivity contribution in [1.29, 1.82) is 0 Å². The van der Waals surface area contributed by atoms with Gasteiger partial charge in [0.1, 0.15) is 0 Å². The molecule has 0 aliphatic carbocycles. The van der Waals surface area contributed by atoms with E-state index in [1.54, 1.807) is 0 Å². The number of thiophene rings is 1. The van der Waals surface area contributed by atoms with Gasteiger partial charge in [-0.3, -0.25) is 4.79 Å². The van der Waals surface area contributed by atoms with Crippen LogP contribution in [0, 0.1) is 0 Å². The molecule has 0 saturated heterocycles. The van der Waals surface area contributed by atoms with Gasteiger partial charge in [-0.15, -0.1) is 11.3 Å². The Labute approximate surface area is 117 Å². The zero-order chi connectivity index (χ0) is 13.7. The number of hydrogen-bond donors (Lipinski definition) is 2. The largest absolute Gasteiger partial charge is 0.351 e. The monoisotopic (exact) mass is 274 g/mol. The number of benzene rings is 1. The van der Waals surface area contributed by atoms with Crippen molar-refractivity contribution in [3.8, 4) is 11.1 Å². The molecule has 19 heavy (non-hydrogen) atoms. The van der Waals surface area contributed by atoms with Crippen LogP contribution in [0.3, 0.4) is 0 Å². The van der Waals surface area contributed by atoms with E-state index in [0.717, 1.165) is 22.4 Å². The maximum atomic E-state index is 12.1. The molecule has 0 aliphatic heterocycles. The normalized spacial score (nSPS) is 12.1. The first-order valence-electron chi connectivity index (χ1n) is 6.35. The summed E-state index contributed by atoms with van der Waals surface area (Å²) in [5.74, 6) is -0.0190. The molecule has 1 aromatic heterocycles. The Balaban J connectivity index is 2.09. The predicted molar refractivity (Wildman–Crippen MR) is 80.4 cm³/mol. The summed E-state index contributed by atoms with van der Waals surface area (Å²) in [4.78, 5) is 12.9. The van der Waals surface area contributed by atoms with Crippen LogP contribution in [0.4, 0.5) is 0 Å². The zero-order valence-electron chi connectivity index (χ0n) is 10.9. The molecule has 0 bridgehead atoms. The molecule has 0 saturated carbocycles. The van der Waals surface area contributed by atoms with E-state index in [2.05, 4.69) is 5.32 Å². The maximum absolute atomic E-state index is 12.1. The number of nitrogens with one attached hydrogen (secondary N) is 1. The molecule has 1 amide bonds. The van der Waals surface area contributed by atoms with E-state index in [0.29, 0.717) is 6.54 Å². The van der Waals surface area contributed by atoms with Gasteiger partial charge in [0.25, 0.3) is 5.91 Å². The third-order valence-electron chi connectivity index (χ3n) is 2.84. The lowest BCUT2D eigenvalue weighted by Gasteiger charge is -2.08. The highest BCUT2D eigenvalue weighted by Crippen LogP contribution is 2.27. The molecule has 2 aromatic rings. The van der Waals surface area contributed by atoms with Crippen LogP contribution in [0.5, 0.6) is 0 Å². The van der Waals surface area contributed by atoms with Gasteiger partial charge >= 0.3 is 0 Å². The second-order valence-electron chi connectivity index (χ2n) is 4.55. The van der Waals surface area contributed by atoms with Crippen LogP contribution in [0.25, 0.3) is 11.1 Å². The summed E-state index contributed by atoms with van der Waals surface area (Å²) in [6.07, 6.45) is 0.789. The van der Waals surface area contributed by atoms with Gasteiger partial charge in [-0.05, 0) is 30.4 Å². The minimum absolute atomic E-state index is 0.0190. The van der Waals surface area contributed by atoms with E-state index in [4.69, 9.17) is 5.73 Å². The highest BCUT2D eigenvalue weighted by molar-refractivity contribution is 7.12. The fraction of sp³-hybridized carbons (Fsp3) is 0.267. The fourth-order valence-electron chi connectivity index (χ4n) is 1.82. The van der Waals surface area contributed by atoms with E-state index in [9.17, 15) is 4.79 Å². The minimum Gasteiger partial charge on any atom is -0.351 e. The molecular formula is C15H18N2OS. The van der Waals surface area contributed by atoms with Gasteiger partial charge < -0.3 is 11.1 Å². The average Bonchev–Trinajstić information content (AvgIpc) is 2.88. The van der Waals surface area contributed by atoms with Crippen molar-refractivity contribution in [2.24, 2.45) is 5.73 Å². The standard InChI is InChI=1S/C15H18N2OS/c1-11(16)7-9-17-15(18)14-13(8-10-19-14)12-5-3-2-4-6-12/h2-6,8,10-11H,7,9,16H2,1H3,(H,17,18). The Bertz CT molecular complexity index is 534. The molecule has 0 fully saturated rings. The van der Waals surface area contributed by atoms with Crippen LogP contribution in [-0.4, -0.2) is 18.5 Å². The van der Waals surface area contributed by atoms with Crippen LogP contribution in [-0.2, 0) is 0 Å². The van der Waals surface area contributed by atoms with E-state index in [-0.39, 0.29) is 11.9 Å². The summed E-state index contributed by atoms with van der Waals surface area (Å²) >= 11 is 1.47. The number of hydrogen-bond acceptors (Lipinski definition) is 3. The summed E-state index contributed by atoms with van der Waals surface area (Å²) in [7, 11) is 0. The molecule has 1 heterocycles. The van der Waals surface area contributed by atoms with Crippen molar-refractivity contribution in [2.75, 3.05) is 6.54 Å². The summed E-state index contributed by atoms with van der Waals surface area (Å²) in [5.41, 5.74) is 7.73. The van der Waals surface area contributed by atoms with Gasteiger partial charge in [-0.25, -0.2) is 0 Å². The summed E-state index contributed by atoms with van der Waals surface area (Å²) < 4.78 is 0. The van der Waals surface area contributed by atoms with Crippen molar-refractivity contribution in [3.05, 3.63) is 46.7 Å². The van der Waals surface area contributed by atoms with Crippen molar-refractivity contribution in [1.82, 2.24) is 5.32 Å². The highest BCUT2D eigenvalue weighted by Gasteiger charge is 2.13. The smallest absolute Gasteiger partial charge is 0.261 e. The van der Waals surface area contributed by atoms with Gasteiger partial charge in [0, 0.05) is 18.2 Å². The first-order chi connectivity index (χ1) is 9.18. The lowest BCUT2D eigenvalue weighted by Crippen LogP contribution is -2.28. The Hall–Kier alpha value is -1.65. The summed E-state index contributed by atoms with van der Waals surface area (Å²) in [5, 5.41) is 4.87. The average molecular weight is 274 g/mol. The molecule has 0 radical (unpaired) electrons. The molecule has 100 valence electrons. The van der Waals surface area contributed by atoms with Crippen LogP contribution in [0.1, 0.15) is 23.0 Å². The fourth-order valence-corrected chi connectivity index (χ4v) is 2.66. The van der Waals surface area contributed by atoms with Gasteiger partial charge in [-0.1, -0.05) is 30.3 Å². The van der Waals surface area contributed by atoms with E-state index < -0.39 is 0 Å². The predicted octanol–water partition coefficient (Wildman–Crippen LogP) is 2.88. The van der Waals surface area contributed by atoms with Gasteiger partial charge in [-0.2, -0.15) is 0 Å². The molecule has 1 unspecified atom stereocenters. The van der Waals surface area contributed by atoms with Gasteiger partial charge in [0.15, 0.2) is 0 Å². The second-order valence-corrected chi connectivity index (χ2v) is 5.47. The van der Waals surface area contributed by atoms with Crippen LogP contribution >= 0.6 is 11.3 Å². The van der Waals surface area contributed by atoms with Crippen molar-refractivity contribution < 1.29 is 4.79 Å². The number of rotatable bonds is 5. The quantitative estimate of drug-likeness (QED) is 0.881. The summed E-state index contributed by atoms with van der Waals surface area (Å²) in [6, 6.07) is 12.0. The minimum atomic E-state index is -0.0190. The van der Waals surface area contributed by atoms with E-state index >= 15 is 0 Å². The Morgan fingerprint density at radius 2 is 2.05 bits per heavy atom. The Morgan fingerprint density at radius 3 is 2.74 bits per heavy atom. The third-order valence-corrected chi connectivity index (χ3v) is 3.75. The van der Waals surface area contributed by atoms with Crippen LogP contribution in [0.2, 0.25) is 0 Å². The van der Waals surface area contributed by atoms with E-state index in [1.807, 2.05) is 48.7 Å². The summed E-state index contributed by atoms with van der Waals surface area (Å²) in [6.45, 7) is 2.55.